The van der Waals surface area contributed by atoms with Crippen LogP contribution in [-0.4, -0.2) is 9.55 Å². The first-order chi connectivity index (χ1) is 26.2. The molecule has 2 aliphatic carbocycles. The Kier molecular flexibility index (Phi) is 5.67. The second kappa shape index (κ2) is 10.4. The van der Waals surface area contributed by atoms with Crippen molar-refractivity contribution in [1.29, 1.82) is 0 Å². The van der Waals surface area contributed by atoms with E-state index in [1.807, 2.05) is 0 Å². The quantitative estimate of drug-likeness (QED) is 0.167. The molecule has 0 unspecified atom stereocenters. The summed E-state index contributed by atoms with van der Waals surface area (Å²) in [6, 6.07) is 65.4. The third-order valence-corrected chi connectivity index (χ3v) is 12.2. The van der Waals surface area contributed by atoms with Crippen LogP contribution in [0.1, 0.15) is 22.3 Å². The maximum absolute atomic E-state index is 5.01. The number of hydrogen-bond donors (Lipinski definition) is 0. The maximum atomic E-state index is 5.01. The van der Waals surface area contributed by atoms with Gasteiger partial charge in [0.15, 0.2) is 0 Å². The normalized spacial score (nSPS) is 13.5. The standard InChI is InChI=1S/C51H32N2/c1-53-46-24-11-10-23-45(46)52-50(53)34-14-12-13-31(30-34)32-25-27-35-33(29-32)26-28-42-47-40-19-4-2-15-36(40)37-16-3-5-20-41(37)49(47)51(48(35)42)43-21-8-6-17-38(43)39-18-7-9-22-44(39)51/h2-30H,1H3. The van der Waals surface area contributed by atoms with Crippen LogP contribution in [0.25, 0.3) is 88.1 Å². The number of nitrogens with zero attached hydrogens (tertiary/aromatic N) is 2. The summed E-state index contributed by atoms with van der Waals surface area (Å²) in [6.07, 6.45) is 0. The van der Waals surface area contributed by atoms with Gasteiger partial charge in [-0.2, -0.15) is 0 Å². The maximum Gasteiger partial charge on any atom is 0.140 e. The lowest BCUT2D eigenvalue weighted by molar-refractivity contribution is 0.809. The van der Waals surface area contributed by atoms with Crippen molar-refractivity contribution in [3.8, 4) is 44.8 Å². The molecule has 0 bridgehead atoms. The fraction of sp³-hybridized carbons (Fsp3) is 0.0392. The molecule has 9 aromatic carbocycles. The Balaban J connectivity index is 1.16. The van der Waals surface area contributed by atoms with Crippen molar-refractivity contribution in [2.45, 2.75) is 5.41 Å². The average molecular weight is 673 g/mol. The SMILES string of the molecule is Cn1c(-c2cccc(-c3ccc4c5c(ccc4c3)-c3c(c4ccccc4c4ccccc34)C53c4ccccc4-c4ccccc43)c2)nc2ccccc21. The van der Waals surface area contributed by atoms with Crippen molar-refractivity contribution in [2.75, 3.05) is 0 Å². The highest BCUT2D eigenvalue weighted by atomic mass is 15.1. The van der Waals surface area contributed by atoms with Crippen LogP contribution in [0, 0.1) is 0 Å². The third kappa shape index (κ3) is 3.65. The van der Waals surface area contributed by atoms with Crippen LogP contribution in [0.15, 0.2) is 176 Å². The Bertz CT molecular complexity index is 3150. The molecule has 10 aromatic rings. The van der Waals surface area contributed by atoms with E-state index in [4.69, 9.17) is 4.98 Å². The number of rotatable bonds is 2. The van der Waals surface area contributed by atoms with Crippen molar-refractivity contribution in [2.24, 2.45) is 7.05 Å². The zero-order valence-corrected chi connectivity index (χ0v) is 29.1. The molecule has 1 heterocycles. The molecular formula is C51H32N2. The number of aromatic nitrogens is 2. The Morgan fingerprint density at radius 1 is 0.434 bits per heavy atom. The van der Waals surface area contributed by atoms with E-state index in [0.717, 1.165) is 22.4 Å². The highest BCUT2D eigenvalue weighted by Crippen LogP contribution is 2.66. The van der Waals surface area contributed by atoms with Crippen LogP contribution in [0.3, 0.4) is 0 Å². The number of benzene rings is 9. The van der Waals surface area contributed by atoms with Crippen LogP contribution < -0.4 is 0 Å². The summed E-state index contributed by atoms with van der Waals surface area (Å²) >= 11 is 0. The fourth-order valence-corrected chi connectivity index (χ4v) is 10.1. The molecule has 0 fully saturated rings. The summed E-state index contributed by atoms with van der Waals surface area (Å²) in [5, 5.41) is 7.80. The van der Waals surface area contributed by atoms with E-state index in [1.165, 1.54) is 88.0 Å². The van der Waals surface area contributed by atoms with Gasteiger partial charge in [-0.1, -0.05) is 152 Å². The largest absolute Gasteiger partial charge is 0.327 e. The van der Waals surface area contributed by atoms with Gasteiger partial charge in [0.1, 0.15) is 5.82 Å². The summed E-state index contributed by atoms with van der Waals surface area (Å²) in [6.45, 7) is 0. The van der Waals surface area contributed by atoms with E-state index in [9.17, 15) is 0 Å². The monoisotopic (exact) mass is 672 g/mol. The summed E-state index contributed by atoms with van der Waals surface area (Å²) in [4.78, 5) is 5.01. The van der Waals surface area contributed by atoms with Crippen LogP contribution in [-0.2, 0) is 12.5 Å². The molecule has 246 valence electrons. The zero-order chi connectivity index (χ0) is 34.8. The van der Waals surface area contributed by atoms with Crippen molar-refractivity contribution in [3.05, 3.63) is 198 Å². The first kappa shape index (κ1) is 28.9. The van der Waals surface area contributed by atoms with Gasteiger partial charge in [0, 0.05) is 12.6 Å². The van der Waals surface area contributed by atoms with Crippen molar-refractivity contribution in [1.82, 2.24) is 9.55 Å². The van der Waals surface area contributed by atoms with E-state index >= 15 is 0 Å². The molecule has 1 spiro atoms. The molecule has 0 saturated carbocycles. The van der Waals surface area contributed by atoms with E-state index in [1.54, 1.807) is 0 Å². The van der Waals surface area contributed by atoms with Gasteiger partial charge >= 0.3 is 0 Å². The second-order valence-corrected chi connectivity index (χ2v) is 14.7. The van der Waals surface area contributed by atoms with Gasteiger partial charge in [0.2, 0.25) is 0 Å². The van der Waals surface area contributed by atoms with Crippen molar-refractivity contribution >= 4 is 43.4 Å². The molecule has 2 aliphatic rings. The van der Waals surface area contributed by atoms with Gasteiger partial charge in [-0.3, -0.25) is 0 Å². The van der Waals surface area contributed by atoms with Crippen LogP contribution in [0.5, 0.6) is 0 Å². The van der Waals surface area contributed by atoms with Crippen LogP contribution in [0.4, 0.5) is 0 Å². The molecule has 12 rings (SSSR count). The summed E-state index contributed by atoms with van der Waals surface area (Å²) in [5.41, 5.74) is 16.1. The third-order valence-electron chi connectivity index (χ3n) is 12.2. The fourth-order valence-electron chi connectivity index (χ4n) is 10.1. The molecule has 0 saturated heterocycles. The van der Waals surface area contributed by atoms with Gasteiger partial charge in [0.25, 0.3) is 0 Å². The van der Waals surface area contributed by atoms with Gasteiger partial charge < -0.3 is 4.57 Å². The first-order valence-electron chi connectivity index (χ1n) is 18.4. The minimum Gasteiger partial charge on any atom is -0.327 e. The molecule has 0 radical (unpaired) electrons. The molecule has 0 aliphatic heterocycles. The van der Waals surface area contributed by atoms with Crippen LogP contribution >= 0.6 is 0 Å². The van der Waals surface area contributed by atoms with E-state index in [-0.39, 0.29) is 0 Å². The van der Waals surface area contributed by atoms with Crippen molar-refractivity contribution < 1.29 is 0 Å². The van der Waals surface area contributed by atoms with E-state index in [0.29, 0.717) is 0 Å². The minimum atomic E-state index is -0.470. The van der Waals surface area contributed by atoms with Gasteiger partial charge in [0.05, 0.1) is 16.4 Å². The first-order valence-corrected chi connectivity index (χ1v) is 18.4. The summed E-state index contributed by atoms with van der Waals surface area (Å²) < 4.78 is 2.19. The van der Waals surface area contributed by atoms with E-state index < -0.39 is 5.41 Å². The predicted octanol–water partition coefficient (Wildman–Crippen LogP) is 12.7. The number of para-hydroxylation sites is 2. The Morgan fingerprint density at radius 2 is 1.06 bits per heavy atom. The Labute approximate surface area is 307 Å². The molecule has 2 nitrogen and oxygen atoms in total. The molecule has 0 atom stereocenters. The molecular weight excluding hydrogens is 641 g/mol. The Morgan fingerprint density at radius 3 is 1.83 bits per heavy atom. The Hall–Kier alpha value is -6.77. The zero-order valence-electron chi connectivity index (χ0n) is 29.1. The number of imidazole rings is 1. The average Bonchev–Trinajstić information content (AvgIpc) is 3.84. The number of fused-ring (bicyclic) bond motifs is 18. The molecule has 53 heavy (non-hydrogen) atoms. The lowest BCUT2D eigenvalue weighted by atomic mass is 9.68. The molecule has 2 heteroatoms. The topological polar surface area (TPSA) is 17.8 Å². The summed E-state index contributed by atoms with van der Waals surface area (Å²) in [5.74, 6) is 0.976. The van der Waals surface area contributed by atoms with Gasteiger partial charge in [-0.15, -0.1) is 0 Å². The minimum absolute atomic E-state index is 0.470. The van der Waals surface area contributed by atoms with Crippen LogP contribution in [0.2, 0.25) is 0 Å². The lowest BCUT2D eigenvalue weighted by Crippen LogP contribution is -2.26. The predicted molar refractivity (Wildman–Crippen MR) is 220 cm³/mol. The smallest absolute Gasteiger partial charge is 0.140 e. The number of hydrogen-bond acceptors (Lipinski definition) is 1. The highest BCUT2D eigenvalue weighted by molar-refractivity contribution is 6.21. The highest BCUT2D eigenvalue weighted by Gasteiger charge is 2.53. The van der Waals surface area contributed by atoms with Gasteiger partial charge in [-0.05, 0) is 112 Å². The summed E-state index contributed by atoms with van der Waals surface area (Å²) in [7, 11) is 2.10. The number of aryl methyl sites for hydroxylation is 1. The van der Waals surface area contributed by atoms with Gasteiger partial charge in [-0.25, -0.2) is 4.98 Å². The van der Waals surface area contributed by atoms with E-state index in [2.05, 4.69) is 188 Å². The lowest BCUT2D eigenvalue weighted by Gasteiger charge is -2.32. The second-order valence-electron chi connectivity index (χ2n) is 14.7. The molecule has 1 aromatic heterocycles. The molecule has 0 N–H and O–H groups in total. The molecule has 0 amide bonds. The van der Waals surface area contributed by atoms with Crippen molar-refractivity contribution in [3.63, 3.8) is 0 Å².